The third-order valence-electron chi connectivity index (χ3n) is 0.974. The molecule has 3 nitrogen and oxygen atoms in total. The monoisotopic (exact) mass is 131 g/mol. The first-order valence-corrected chi connectivity index (χ1v) is 2.95. The van der Waals surface area contributed by atoms with Crippen molar-refractivity contribution in [2.24, 2.45) is 0 Å². The summed E-state index contributed by atoms with van der Waals surface area (Å²) < 4.78 is 4.65. The molecule has 0 aromatic carbocycles. The second kappa shape index (κ2) is 3.19. The van der Waals surface area contributed by atoms with Gasteiger partial charge in [-0.2, -0.15) is 0 Å². The highest BCUT2D eigenvalue weighted by molar-refractivity contribution is 5.98. The van der Waals surface area contributed by atoms with Crippen LogP contribution in [-0.2, 0) is 14.2 Å². The van der Waals surface area contributed by atoms with E-state index in [1.807, 2.05) is 0 Å². The van der Waals surface area contributed by atoms with Gasteiger partial charge in [0.15, 0.2) is 6.29 Å². The van der Waals surface area contributed by atoms with Crippen LogP contribution in [0, 0.1) is 0 Å². The van der Waals surface area contributed by atoms with Gasteiger partial charge in [-0.1, -0.05) is 0 Å². The fourth-order valence-electron chi connectivity index (χ4n) is 0.560. The topological polar surface area (TPSA) is 27.7 Å². The summed E-state index contributed by atoms with van der Waals surface area (Å²) >= 11 is 0. The standard InChI is InChI=1S/C4H7O3Si/c8-7-4-2-1-3-5-6-4/h4H,1-3H2. The third-order valence-corrected chi connectivity index (χ3v) is 1.24. The molecular weight excluding hydrogens is 124 g/mol. The highest BCUT2D eigenvalue weighted by Crippen LogP contribution is 2.09. The van der Waals surface area contributed by atoms with E-state index in [0.29, 0.717) is 6.61 Å². The van der Waals surface area contributed by atoms with Gasteiger partial charge in [0, 0.05) is 6.42 Å². The summed E-state index contributed by atoms with van der Waals surface area (Å²) in [4.78, 5) is 9.27. The molecule has 0 spiro atoms. The Morgan fingerprint density at radius 2 is 2.50 bits per heavy atom. The lowest BCUT2D eigenvalue weighted by Crippen LogP contribution is -2.21. The highest BCUT2D eigenvalue weighted by Gasteiger charge is 2.12. The van der Waals surface area contributed by atoms with Crippen molar-refractivity contribution >= 4 is 10.5 Å². The summed E-state index contributed by atoms with van der Waals surface area (Å²) in [6.07, 6.45) is 1.67. The lowest BCUT2D eigenvalue weighted by atomic mass is 10.3. The molecule has 0 N–H and O–H groups in total. The van der Waals surface area contributed by atoms with Gasteiger partial charge in [-0.3, -0.25) is 0 Å². The van der Waals surface area contributed by atoms with E-state index in [0.717, 1.165) is 12.8 Å². The first-order chi connectivity index (χ1) is 3.93. The molecule has 0 amide bonds. The van der Waals surface area contributed by atoms with E-state index in [9.17, 15) is 0 Å². The molecule has 45 valence electrons. The molecule has 1 rings (SSSR count). The van der Waals surface area contributed by atoms with Crippen molar-refractivity contribution in [2.45, 2.75) is 19.1 Å². The van der Waals surface area contributed by atoms with E-state index in [2.05, 4.69) is 24.7 Å². The van der Waals surface area contributed by atoms with Gasteiger partial charge in [0.1, 0.15) is 0 Å². The Labute approximate surface area is 51.4 Å². The summed E-state index contributed by atoms with van der Waals surface area (Å²) in [7, 11) is 2.85. The van der Waals surface area contributed by atoms with Crippen molar-refractivity contribution in [3.8, 4) is 0 Å². The highest BCUT2D eigenvalue weighted by atomic mass is 28.2. The Kier molecular flexibility index (Phi) is 2.48. The minimum absolute atomic E-state index is 0.222. The van der Waals surface area contributed by atoms with E-state index >= 15 is 0 Å². The Morgan fingerprint density at radius 3 is 2.88 bits per heavy atom. The van der Waals surface area contributed by atoms with Crippen molar-refractivity contribution in [2.75, 3.05) is 6.61 Å². The molecule has 0 saturated carbocycles. The fraction of sp³-hybridized carbons (Fsp3) is 1.00. The first-order valence-electron chi connectivity index (χ1n) is 2.54. The largest absolute Gasteiger partial charge is 0.392 e. The maximum atomic E-state index is 4.66. The van der Waals surface area contributed by atoms with Crippen LogP contribution in [0.2, 0.25) is 0 Å². The predicted molar refractivity (Wildman–Crippen MR) is 26.9 cm³/mol. The SMILES string of the molecule is [Si]OC1CCCOO1. The summed E-state index contributed by atoms with van der Waals surface area (Å²) in [5.41, 5.74) is 0. The molecule has 1 unspecified atom stereocenters. The molecule has 0 aromatic rings. The zero-order chi connectivity index (χ0) is 5.82. The molecule has 1 fully saturated rings. The lowest BCUT2D eigenvalue weighted by molar-refractivity contribution is -0.382. The molecule has 4 heteroatoms. The van der Waals surface area contributed by atoms with Gasteiger partial charge in [0.2, 0.25) is 10.5 Å². The number of rotatable bonds is 1. The molecule has 8 heavy (non-hydrogen) atoms. The van der Waals surface area contributed by atoms with E-state index in [4.69, 9.17) is 0 Å². The lowest BCUT2D eigenvalue weighted by Gasteiger charge is -2.18. The molecule has 0 aliphatic carbocycles. The van der Waals surface area contributed by atoms with E-state index in [1.165, 1.54) is 0 Å². The van der Waals surface area contributed by atoms with Crippen molar-refractivity contribution < 1.29 is 14.2 Å². The van der Waals surface area contributed by atoms with Crippen LogP contribution in [0.25, 0.3) is 0 Å². The Balaban J connectivity index is 2.13. The van der Waals surface area contributed by atoms with E-state index < -0.39 is 0 Å². The second-order valence-corrected chi connectivity index (χ2v) is 1.84. The maximum absolute atomic E-state index is 4.66. The molecular formula is C4H7O3Si. The van der Waals surface area contributed by atoms with Gasteiger partial charge in [-0.05, 0) is 6.42 Å². The predicted octanol–water partition coefficient (Wildman–Crippen LogP) is 0.155. The average Bonchev–Trinajstić information content (AvgIpc) is 1.90. The van der Waals surface area contributed by atoms with Crippen LogP contribution in [0.15, 0.2) is 0 Å². The molecule has 0 bridgehead atoms. The van der Waals surface area contributed by atoms with Crippen LogP contribution in [0.3, 0.4) is 0 Å². The van der Waals surface area contributed by atoms with Crippen LogP contribution in [-0.4, -0.2) is 23.4 Å². The number of hydrogen-bond acceptors (Lipinski definition) is 3. The maximum Gasteiger partial charge on any atom is 0.250 e. The summed E-state index contributed by atoms with van der Waals surface area (Å²) in [5, 5.41) is 0. The van der Waals surface area contributed by atoms with Gasteiger partial charge < -0.3 is 4.43 Å². The molecule has 0 aromatic heterocycles. The molecule has 3 radical (unpaired) electrons. The third kappa shape index (κ3) is 1.55. The molecule has 1 saturated heterocycles. The van der Waals surface area contributed by atoms with Crippen molar-refractivity contribution in [3.63, 3.8) is 0 Å². The molecule has 1 aliphatic heterocycles. The van der Waals surface area contributed by atoms with Crippen LogP contribution in [0.1, 0.15) is 12.8 Å². The van der Waals surface area contributed by atoms with Crippen LogP contribution >= 0.6 is 0 Å². The first kappa shape index (κ1) is 6.22. The smallest absolute Gasteiger partial charge is 0.250 e. The van der Waals surface area contributed by atoms with Crippen molar-refractivity contribution in [1.82, 2.24) is 0 Å². The van der Waals surface area contributed by atoms with E-state index in [-0.39, 0.29) is 6.29 Å². The summed E-state index contributed by atoms with van der Waals surface area (Å²) in [6.45, 7) is 0.673. The molecule has 1 aliphatic rings. The minimum atomic E-state index is -0.222. The zero-order valence-electron chi connectivity index (χ0n) is 4.42. The Bertz CT molecular complexity index is 62.3. The summed E-state index contributed by atoms with van der Waals surface area (Å²) in [6, 6.07) is 0. The van der Waals surface area contributed by atoms with Gasteiger partial charge in [0.25, 0.3) is 0 Å². The van der Waals surface area contributed by atoms with Gasteiger partial charge in [0.05, 0.1) is 6.61 Å². The number of hydrogen-bond donors (Lipinski definition) is 0. The second-order valence-electron chi connectivity index (χ2n) is 1.61. The fourth-order valence-corrected chi connectivity index (χ4v) is 0.717. The van der Waals surface area contributed by atoms with Crippen molar-refractivity contribution in [3.05, 3.63) is 0 Å². The molecule has 1 atom stereocenters. The van der Waals surface area contributed by atoms with Gasteiger partial charge in [-0.25, -0.2) is 9.78 Å². The van der Waals surface area contributed by atoms with Crippen LogP contribution in [0.4, 0.5) is 0 Å². The van der Waals surface area contributed by atoms with Crippen LogP contribution < -0.4 is 0 Å². The van der Waals surface area contributed by atoms with Crippen LogP contribution in [0.5, 0.6) is 0 Å². The van der Waals surface area contributed by atoms with Crippen molar-refractivity contribution in [1.29, 1.82) is 0 Å². The zero-order valence-corrected chi connectivity index (χ0v) is 5.42. The summed E-state index contributed by atoms with van der Waals surface area (Å²) in [5.74, 6) is 0. The Morgan fingerprint density at radius 1 is 1.62 bits per heavy atom. The average molecular weight is 131 g/mol. The Hall–Kier alpha value is 0.0969. The normalized spacial score (nSPS) is 30.4. The molecule has 1 heterocycles. The van der Waals surface area contributed by atoms with Gasteiger partial charge >= 0.3 is 0 Å². The van der Waals surface area contributed by atoms with E-state index in [1.54, 1.807) is 0 Å². The minimum Gasteiger partial charge on any atom is -0.392 e. The quantitative estimate of drug-likeness (QED) is 0.374. The van der Waals surface area contributed by atoms with Gasteiger partial charge in [-0.15, -0.1) is 0 Å².